The first-order valence-electron chi connectivity index (χ1n) is 7.10. The number of anilines is 1. The van der Waals surface area contributed by atoms with Gasteiger partial charge in [0.2, 0.25) is 0 Å². The minimum Gasteiger partial charge on any atom is -0.495 e. The molecule has 0 bridgehead atoms. The number of methoxy groups -OCH3 is 1. The molecule has 1 saturated heterocycles. The lowest BCUT2D eigenvalue weighted by Gasteiger charge is -2.33. The van der Waals surface area contributed by atoms with Crippen LogP contribution in [0.5, 0.6) is 5.75 Å². The molecule has 0 amide bonds. The SMILES string of the molecule is COc1cc(C#N)ccc1NC1CCOC(C(C)C)C1. The van der Waals surface area contributed by atoms with Crippen LogP contribution in [0.15, 0.2) is 18.2 Å². The Morgan fingerprint density at radius 3 is 2.90 bits per heavy atom. The molecule has 0 aromatic heterocycles. The number of hydrogen-bond acceptors (Lipinski definition) is 4. The third-order valence-corrected chi connectivity index (χ3v) is 3.75. The third kappa shape index (κ3) is 3.43. The number of ether oxygens (including phenoxy) is 2. The van der Waals surface area contributed by atoms with E-state index in [1.165, 1.54) is 0 Å². The molecule has 4 nitrogen and oxygen atoms in total. The van der Waals surface area contributed by atoms with E-state index in [4.69, 9.17) is 14.7 Å². The van der Waals surface area contributed by atoms with Crippen molar-refractivity contribution >= 4 is 5.69 Å². The summed E-state index contributed by atoms with van der Waals surface area (Å²) >= 11 is 0. The Hall–Kier alpha value is -1.73. The van der Waals surface area contributed by atoms with Gasteiger partial charge in [0.1, 0.15) is 5.75 Å². The van der Waals surface area contributed by atoms with Gasteiger partial charge >= 0.3 is 0 Å². The highest BCUT2D eigenvalue weighted by Gasteiger charge is 2.25. The summed E-state index contributed by atoms with van der Waals surface area (Å²) in [6, 6.07) is 8.00. The van der Waals surface area contributed by atoms with Crippen molar-refractivity contribution in [2.45, 2.75) is 38.8 Å². The van der Waals surface area contributed by atoms with Gasteiger partial charge < -0.3 is 14.8 Å². The molecular formula is C16H22N2O2. The van der Waals surface area contributed by atoms with Crippen LogP contribution in [0.3, 0.4) is 0 Å². The molecule has 1 heterocycles. The second-order valence-electron chi connectivity index (χ2n) is 5.55. The fourth-order valence-electron chi connectivity index (χ4n) is 2.52. The van der Waals surface area contributed by atoms with E-state index in [0.29, 0.717) is 23.6 Å². The van der Waals surface area contributed by atoms with E-state index < -0.39 is 0 Å². The zero-order valence-corrected chi connectivity index (χ0v) is 12.3. The lowest BCUT2D eigenvalue weighted by Crippen LogP contribution is -2.36. The molecule has 1 aromatic carbocycles. The summed E-state index contributed by atoms with van der Waals surface area (Å²) in [5, 5.41) is 12.4. The highest BCUT2D eigenvalue weighted by Crippen LogP contribution is 2.29. The molecule has 2 rings (SSSR count). The standard InChI is InChI=1S/C16H22N2O2/c1-11(2)15-9-13(6-7-20-15)18-14-5-4-12(10-17)8-16(14)19-3/h4-5,8,11,13,15,18H,6-7,9H2,1-3H3. The first-order valence-corrected chi connectivity index (χ1v) is 7.10. The van der Waals surface area contributed by atoms with E-state index in [-0.39, 0.29) is 0 Å². The van der Waals surface area contributed by atoms with E-state index >= 15 is 0 Å². The molecule has 1 N–H and O–H groups in total. The summed E-state index contributed by atoms with van der Waals surface area (Å²) in [4.78, 5) is 0. The lowest BCUT2D eigenvalue weighted by atomic mass is 9.95. The van der Waals surface area contributed by atoms with Crippen molar-refractivity contribution in [1.82, 2.24) is 0 Å². The molecule has 1 aliphatic rings. The van der Waals surface area contributed by atoms with E-state index in [2.05, 4.69) is 25.2 Å². The van der Waals surface area contributed by atoms with Gasteiger partial charge in [-0.3, -0.25) is 0 Å². The maximum atomic E-state index is 8.92. The molecule has 1 aromatic rings. The average molecular weight is 274 g/mol. The number of nitrogens with zero attached hydrogens (tertiary/aromatic N) is 1. The largest absolute Gasteiger partial charge is 0.495 e. The normalized spacial score (nSPS) is 22.4. The lowest BCUT2D eigenvalue weighted by molar-refractivity contribution is -0.0161. The van der Waals surface area contributed by atoms with E-state index in [1.54, 1.807) is 13.2 Å². The number of nitrogens with one attached hydrogen (secondary N) is 1. The second kappa shape index (κ2) is 6.62. The molecule has 0 radical (unpaired) electrons. The molecule has 1 fully saturated rings. The van der Waals surface area contributed by atoms with Crippen molar-refractivity contribution in [3.05, 3.63) is 23.8 Å². The Bertz CT molecular complexity index is 494. The van der Waals surface area contributed by atoms with Crippen LogP contribution < -0.4 is 10.1 Å². The summed E-state index contributed by atoms with van der Waals surface area (Å²) in [5.74, 6) is 1.25. The van der Waals surface area contributed by atoms with Gasteiger partial charge in [-0.25, -0.2) is 0 Å². The Morgan fingerprint density at radius 2 is 2.25 bits per heavy atom. The Labute approximate surface area is 120 Å². The van der Waals surface area contributed by atoms with Crippen LogP contribution in [0.2, 0.25) is 0 Å². The smallest absolute Gasteiger partial charge is 0.143 e. The predicted octanol–water partition coefficient (Wildman–Crippen LogP) is 3.18. The van der Waals surface area contributed by atoms with Gasteiger partial charge in [-0.1, -0.05) is 13.8 Å². The zero-order chi connectivity index (χ0) is 14.5. The maximum absolute atomic E-state index is 8.92. The fourth-order valence-corrected chi connectivity index (χ4v) is 2.52. The van der Waals surface area contributed by atoms with Gasteiger partial charge in [0.15, 0.2) is 0 Å². The summed E-state index contributed by atoms with van der Waals surface area (Å²) in [7, 11) is 1.63. The number of hydrogen-bond donors (Lipinski definition) is 1. The van der Waals surface area contributed by atoms with Crippen LogP contribution in [0.1, 0.15) is 32.3 Å². The van der Waals surface area contributed by atoms with E-state index in [0.717, 1.165) is 30.9 Å². The van der Waals surface area contributed by atoms with Crippen molar-refractivity contribution in [2.24, 2.45) is 5.92 Å². The van der Waals surface area contributed by atoms with Crippen LogP contribution in [-0.4, -0.2) is 25.9 Å². The van der Waals surface area contributed by atoms with Gasteiger partial charge in [-0.05, 0) is 30.9 Å². The molecule has 0 saturated carbocycles. The van der Waals surface area contributed by atoms with Gasteiger partial charge in [0.25, 0.3) is 0 Å². The molecular weight excluding hydrogens is 252 g/mol. The highest BCUT2D eigenvalue weighted by atomic mass is 16.5. The molecule has 2 atom stereocenters. The summed E-state index contributed by atoms with van der Waals surface area (Å²) in [6.45, 7) is 5.17. The molecule has 1 aliphatic heterocycles. The highest BCUT2D eigenvalue weighted by molar-refractivity contribution is 5.60. The van der Waals surface area contributed by atoms with E-state index in [9.17, 15) is 0 Å². The van der Waals surface area contributed by atoms with Crippen LogP contribution in [-0.2, 0) is 4.74 Å². The third-order valence-electron chi connectivity index (χ3n) is 3.75. The molecule has 2 unspecified atom stereocenters. The van der Waals surface area contributed by atoms with Crippen molar-refractivity contribution in [3.63, 3.8) is 0 Å². The molecule has 20 heavy (non-hydrogen) atoms. The molecule has 0 aliphatic carbocycles. The Balaban J connectivity index is 2.08. The number of nitriles is 1. The quantitative estimate of drug-likeness (QED) is 0.916. The van der Waals surface area contributed by atoms with Gasteiger partial charge in [0, 0.05) is 18.7 Å². The van der Waals surface area contributed by atoms with Crippen molar-refractivity contribution in [3.8, 4) is 11.8 Å². The van der Waals surface area contributed by atoms with Crippen LogP contribution in [0, 0.1) is 17.2 Å². The van der Waals surface area contributed by atoms with Crippen molar-refractivity contribution in [1.29, 1.82) is 5.26 Å². The molecule has 0 spiro atoms. The van der Waals surface area contributed by atoms with Crippen LogP contribution >= 0.6 is 0 Å². The summed E-state index contributed by atoms with van der Waals surface area (Å²) < 4.78 is 11.1. The zero-order valence-electron chi connectivity index (χ0n) is 12.3. The summed E-state index contributed by atoms with van der Waals surface area (Å²) in [5.41, 5.74) is 1.56. The minimum absolute atomic E-state index is 0.311. The first kappa shape index (κ1) is 14.7. The maximum Gasteiger partial charge on any atom is 0.143 e. The van der Waals surface area contributed by atoms with Crippen molar-refractivity contribution in [2.75, 3.05) is 19.0 Å². The second-order valence-corrected chi connectivity index (χ2v) is 5.55. The van der Waals surface area contributed by atoms with Gasteiger partial charge in [-0.15, -0.1) is 0 Å². The fraction of sp³-hybridized carbons (Fsp3) is 0.562. The van der Waals surface area contributed by atoms with Crippen LogP contribution in [0.25, 0.3) is 0 Å². The van der Waals surface area contributed by atoms with Gasteiger partial charge in [0.05, 0.1) is 30.5 Å². The Kier molecular flexibility index (Phi) is 4.86. The first-order chi connectivity index (χ1) is 9.63. The Morgan fingerprint density at radius 1 is 1.45 bits per heavy atom. The number of benzene rings is 1. The number of rotatable bonds is 4. The minimum atomic E-state index is 0.311. The van der Waals surface area contributed by atoms with Gasteiger partial charge in [-0.2, -0.15) is 5.26 Å². The monoisotopic (exact) mass is 274 g/mol. The molecule has 4 heteroatoms. The topological polar surface area (TPSA) is 54.3 Å². The average Bonchev–Trinajstić information content (AvgIpc) is 2.48. The predicted molar refractivity (Wildman–Crippen MR) is 78.9 cm³/mol. The van der Waals surface area contributed by atoms with Crippen molar-refractivity contribution < 1.29 is 9.47 Å². The summed E-state index contributed by atoms with van der Waals surface area (Å²) in [6.07, 6.45) is 2.30. The van der Waals surface area contributed by atoms with E-state index in [1.807, 2.05) is 12.1 Å². The van der Waals surface area contributed by atoms with Crippen LogP contribution in [0.4, 0.5) is 5.69 Å². The molecule has 108 valence electrons.